The molecule has 0 saturated heterocycles. The summed E-state index contributed by atoms with van der Waals surface area (Å²) in [6, 6.07) is 8.84. The molecule has 2 aromatic carbocycles. The van der Waals surface area contributed by atoms with Crippen molar-refractivity contribution in [2.75, 3.05) is 6.54 Å². The lowest BCUT2D eigenvalue weighted by molar-refractivity contribution is 0.0223. The lowest BCUT2D eigenvalue weighted by atomic mass is 9.96. The van der Waals surface area contributed by atoms with Crippen molar-refractivity contribution >= 4 is 46.2 Å². The van der Waals surface area contributed by atoms with E-state index in [-0.39, 0.29) is 15.6 Å². The summed E-state index contributed by atoms with van der Waals surface area (Å²) in [5.41, 5.74) is 2.37. The van der Waals surface area contributed by atoms with E-state index in [0.717, 1.165) is 11.1 Å². The summed E-state index contributed by atoms with van der Waals surface area (Å²) in [6.07, 6.45) is 0.0952. The van der Waals surface area contributed by atoms with E-state index in [1.165, 1.54) is 4.68 Å². The quantitative estimate of drug-likeness (QED) is 0.540. The lowest BCUT2D eigenvalue weighted by Crippen LogP contribution is -2.40. The number of carbonyl (C=O) groups is 2. The van der Waals surface area contributed by atoms with Gasteiger partial charge in [0.25, 0.3) is 5.91 Å². The molecule has 1 aromatic heterocycles. The van der Waals surface area contributed by atoms with E-state index in [1.54, 1.807) is 29.2 Å². The van der Waals surface area contributed by atoms with Crippen LogP contribution in [0.4, 0.5) is 4.79 Å². The minimum atomic E-state index is -0.580. The number of carbonyl (C=O) groups excluding carboxylic acids is 2. The van der Waals surface area contributed by atoms with Gasteiger partial charge in [-0.3, -0.25) is 4.79 Å². The Morgan fingerprint density at radius 3 is 2.63 bits per heavy atom. The Hall–Kier alpha value is -2.64. The van der Waals surface area contributed by atoms with Crippen molar-refractivity contribution in [1.82, 2.24) is 19.9 Å². The van der Waals surface area contributed by atoms with Crippen molar-refractivity contribution in [3.63, 3.8) is 0 Å². The minimum absolute atomic E-state index is 0.179. The first-order valence-corrected chi connectivity index (χ1v) is 10.2. The smallest absolute Gasteiger partial charge is 0.410 e. The van der Waals surface area contributed by atoms with Gasteiger partial charge in [-0.05, 0) is 56.5 Å². The normalized spacial score (nSPS) is 14.0. The molecule has 0 spiro atoms. The summed E-state index contributed by atoms with van der Waals surface area (Å²) in [4.78, 5) is 27.2. The summed E-state index contributed by atoms with van der Waals surface area (Å²) in [5, 5.41) is 8.47. The minimum Gasteiger partial charge on any atom is -0.444 e. The molecule has 1 aliphatic rings. The topological polar surface area (TPSA) is 77.3 Å². The van der Waals surface area contributed by atoms with Crippen LogP contribution in [0.15, 0.2) is 30.3 Å². The highest BCUT2D eigenvalue weighted by Crippen LogP contribution is 2.35. The molecular weight excluding hydrogens is 427 g/mol. The van der Waals surface area contributed by atoms with E-state index in [9.17, 15) is 9.59 Å². The Morgan fingerprint density at radius 2 is 1.90 bits per heavy atom. The standard InChI is InChI=1S/C21H20Cl2N4O3/c1-21(2,3)30-20(29)26-9-8-13-12(11-26)10-14(22)17(18(13)23)19(28)27-16-7-5-4-6-15(16)24-25-27/h4-7,10H,8-9,11H2,1-3H3. The summed E-state index contributed by atoms with van der Waals surface area (Å²) in [5.74, 6) is -0.448. The first kappa shape index (κ1) is 20.6. The number of benzene rings is 2. The molecular formula is C21H20Cl2N4O3. The molecule has 0 saturated carbocycles. The molecule has 0 atom stereocenters. The molecule has 1 aliphatic heterocycles. The van der Waals surface area contributed by atoms with Gasteiger partial charge < -0.3 is 9.64 Å². The van der Waals surface area contributed by atoms with Crippen molar-refractivity contribution in [1.29, 1.82) is 0 Å². The summed E-state index contributed by atoms with van der Waals surface area (Å²) >= 11 is 13.1. The number of aromatic nitrogens is 3. The summed E-state index contributed by atoms with van der Waals surface area (Å²) < 4.78 is 6.65. The molecule has 1 amide bonds. The van der Waals surface area contributed by atoms with Gasteiger partial charge in [-0.1, -0.05) is 40.5 Å². The molecule has 0 aliphatic carbocycles. The van der Waals surface area contributed by atoms with Crippen LogP contribution in [0.2, 0.25) is 10.0 Å². The van der Waals surface area contributed by atoms with Crippen LogP contribution < -0.4 is 0 Å². The average Bonchev–Trinajstić information content (AvgIpc) is 3.10. The number of fused-ring (bicyclic) bond motifs is 2. The Morgan fingerprint density at radius 1 is 1.17 bits per heavy atom. The molecule has 0 unspecified atom stereocenters. The second-order valence-corrected chi connectivity index (χ2v) is 8.92. The number of para-hydroxylation sites is 1. The van der Waals surface area contributed by atoms with Crippen LogP contribution >= 0.6 is 23.2 Å². The molecule has 2 heterocycles. The van der Waals surface area contributed by atoms with Crippen LogP contribution in [-0.4, -0.2) is 44.0 Å². The number of rotatable bonds is 1. The van der Waals surface area contributed by atoms with Gasteiger partial charge in [0.1, 0.15) is 11.1 Å². The first-order chi connectivity index (χ1) is 14.2. The largest absolute Gasteiger partial charge is 0.444 e. The highest BCUT2D eigenvalue weighted by atomic mass is 35.5. The third kappa shape index (κ3) is 3.75. The number of nitrogens with zero attached hydrogens (tertiary/aromatic N) is 4. The molecule has 7 nitrogen and oxygen atoms in total. The molecule has 0 fully saturated rings. The van der Waals surface area contributed by atoms with Crippen LogP contribution in [0.1, 0.15) is 42.3 Å². The summed E-state index contributed by atoms with van der Waals surface area (Å²) in [6.45, 7) is 6.21. The van der Waals surface area contributed by atoms with Crippen molar-refractivity contribution < 1.29 is 14.3 Å². The molecule has 156 valence electrons. The van der Waals surface area contributed by atoms with Crippen LogP contribution in [-0.2, 0) is 17.7 Å². The molecule has 0 bridgehead atoms. The maximum absolute atomic E-state index is 13.2. The van der Waals surface area contributed by atoms with Gasteiger partial charge in [-0.2, -0.15) is 4.68 Å². The van der Waals surface area contributed by atoms with Crippen LogP contribution in [0.25, 0.3) is 11.0 Å². The maximum Gasteiger partial charge on any atom is 0.410 e. The van der Waals surface area contributed by atoms with Gasteiger partial charge >= 0.3 is 6.09 Å². The Labute approximate surface area is 183 Å². The van der Waals surface area contributed by atoms with E-state index < -0.39 is 17.6 Å². The van der Waals surface area contributed by atoms with Crippen LogP contribution in [0, 0.1) is 0 Å². The maximum atomic E-state index is 13.2. The molecule has 0 N–H and O–H groups in total. The van der Waals surface area contributed by atoms with Crippen molar-refractivity contribution in [3.8, 4) is 0 Å². The van der Waals surface area contributed by atoms with E-state index >= 15 is 0 Å². The number of halogens is 2. The predicted octanol–water partition coefficient (Wildman–Crippen LogP) is 4.72. The molecule has 4 rings (SSSR count). The van der Waals surface area contributed by atoms with Gasteiger partial charge in [0, 0.05) is 13.1 Å². The average molecular weight is 447 g/mol. The van der Waals surface area contributed by atoms with Crippen LogP contribution in [0.5, 0.6) is 0 Å². The molecule has 30 heavy (non-hydrogen) atoms. The van der Waals surface area contributed by atoms with Crippen molar-refractivity contribution in [3.05, 3.63) is 57.1 Å². The third-order valence-electron chi connectivity index (χ3n) is 4.81. The van der Waals surface area contributed by atoms with E-state index in [0.29, 0.717) is 30.5 Å². The second kappa shape index (κ2) is 7.56. The zero-order valence-corrected chi connectivity index (χ0v) is 18.3. The fourth-order valence-electron chi connectivity index (χ4n) is 3.45. The lowest BCUT2D eigenvalue weighted by Gasteiger charge is -2.32. The van der Waals surface area contributed by atoms with Gasteiger partial charge in [0.2, 0.25) is 0 Å². The van der Waals surface area contributed by atoms with E-state index in [4.69, 9.17) is 27.9 Å². The number of hydrogen-bond donors (Lipinski definition) is 0. The monoisotopic (exact) mass is 446 g/mol. The fraction of sp³-hybridized carbons (Fsp3) is 0.333. The Bertz CT molecular complexity index is 1170. The summed E-state index contributed by atoms with van der Waals surface area (Å²) in [7, 11) is 0. The fourth-order valence-corrected chi connectivity index (χ4v) is 4.21. The first-order valence-electron chi connectivity index (χ1n) is 9.48. The van der Waals surface area contributed by atoms with E-state index in [2.05, 4.69) is 10.3 Å². The highest BCUT2D eigenvalue weighted by molar-refractivity contribution is 6.40. The van der Waals surface area contributed by atoms with Crippen molar-refractivity contribution in [2.45, 2.75) is 39.3 Å². The predicted molar refractivity (Wildman–Crippen MR) is 114 cm³/mol. The zero-order chi connectivity index (χ0) is 21.6. The van der Waals surface area contributed by atoms with Crippen molar-refractivity contribution in [2.24, 2.45) is 0 Å². The second-order valence-electron chi connectivity index (χ2n) is 8.13. The molecule has 3 aromatic rings. The third-order valence-corrected chi connectivity index (χ3v) is 5.53. The SMILES string of the molecule is CC(C)(C)OC(=O)N1CCc2c(cc(Cl)c(C(=O)n3nnc4ccccc43)c2Cl)C1. The number of hydrogen-bond acceptors (Lipinski definition) is 5. The Balaban J connectivity index is 1.67. The molecule has 0 radical (unpaired) electrons. The number of amides is 1. The Kier molecular flexibility index (Phi) is 5.20. The highest BCUT2D eigenvalue weighted by Gasteiger charge is 2.30. The van der Waals surface area contributed by atoms with Gasteiger partial charge in [-0.15, -0.1) is 5.10 Å². The van der Waals surface area contributed by atoms with E-state index in [1.807, 2.05) is 26.8 Å². The molecule has 9 heteroatoms. The van der Waals surface area contributed by atoms with Gasteiger partial charge in [0.05, 0.1) is 21.1 Å². The number of ether oxygens (including phenoxy) is 1. The van der Waals surface area contributed by atoms with Gasteiger partial charge in [-0.25, -0.2) is 4.79 Å². The zero-order valence-electron chi connectivity index (χ0n) is 16.8. The van der Waals surface area contributed by atoms with Gasteiger partial charge in [0.15, 0.2) is 0 Å². The van der Waals surface area contributed by atoms with Crippen LogP contribution in [0.3, 0.4) is 0 Å².